The molecule has 1 aliphatic rings. The maximum absolute atomic E-state index is 12.8. The summed E-state index contributed by atoms with van der Waals surface area (Å²) >= 11 is 1.25. The van der Waals surface area contributed by atoms with Crippen LogP contribution in [0.15, 0.2) is 84.9 Å². The minimum Gasteiger partial charge on any atom is -0.461 e. The molecule has 0 aromatic heterocycles. The summed E-state index contributed by atoms with van der Waals surface area (Å²) in [4.78, 5) is 25.4. The number of aliphatic hydroxyl groups excluding tert-OH is 1. The molecule has 5 nitrogen and oxygen atoms in total. The molecule has 6 heteroatoms. The Bertz CT molecular complexity index is 1330. The number of fused-ring (bicyclic) bond motifs is 2. The average molecular weight is 459 g/mol. The van der Waals surface area contributed by atoms with Crippen LogP contribution < -0.4 is 0 Å². The third kappa shape index (κ3) is 4.72. The van der Waals surface area contributed by atoms with Crippen LogP contribution in [-0.2, 0) is 9.47 Å². The number of carbonyl (C=O) groups is 2. The lowest BCUT2D eigenvalue weighted by molar-refractivity contribution is 0.0178. The number of hydrogen-bond donors (Lipinski definition) is 1. The van der Waals surface area contributed by atoms with Crippen molar-refractivity contribution in [1.82, 2.24) is 0 Å². The van der Waals surface area contributed by atoms with Crippen LogP contribution in [0.4, 0.5) is 0 Å². The highest BCUT2D eigenvalue weighted by atomic mass is 32.2. The van der Waals surface area contributed by atoms with Gasteiger partial charge in [-0.25, -0.2) is 9.59 Å². The lowest BCUT2D eigenvalue weighted by Crippen LogP contribution is -2.29. The molecule has 0 amide bonds. The molecule has 1 fully saturated rings. The fourth-order valence-corrected chi connectivity index (χ4v) is 5.24. The van der Waals surface area contributed by atoms with Crippen LogP contribution in [0.5, 0.6) is 0 Å². The van der Waals surface area contributed by atoms with Gasteiger partial charge in [0.1, 0.15) is 18.1 Å². The second-order valence-corrected chi connectivity index (χ2v) is 9.45. The monoisotopic (exact) mass is 458 g/mol. The van der Waals surface area contributed by atoms with E-state index in [9.17, 15) is 14.7 Å². The first kappa shape index (κ1) is 21.5. The van der Waals surface area contributed by atoms with E-state index in [1.165, 1.54) is 11.8 Å². The number of ether oxygens (including phenoxy) is 2. The fraction of sp³-hybridized carbons (Fsp3) is 0.185. The van der Waals surface area contributed by atoms with Crippen LogP contribution in [0.1, 0.15) is 27.1 Å². The van der Waals surface area contributed by atoms with Crippen molar-refractivity contribution in [2.24, 2.45) is 0 Å². The van der Waals surface area contributed by atoms with Crippen LogP contribution in [-0.4, -0.2) is 40.4 Å². The van der Waals surface area contributed by atoms with Gasteiger partial charge in [0.25, 0.3) is 0 Å². The standard InChI is InChI=1S/C27H22O5S/c28-25-15-23(32-27(30)22-12-10-18-6-2-4-8-20(18)14-22)24(33-25)16-31-26(29)21-11-9-17-5-1-3-7-19(17)13-21/h1-14,23-25,28H,15-16H2/t23-,24+,25?/m1/s1. The molecule has 0 aliphatic carbocycles. The van der Waals surface area contributed by atoms with E-state index in [2.05, 4.69) is 0 Å². The summed E-state index contributed by atoms with van der Waals surface area (Å²) in [6.45, 7) is 0.0447. The zero-order valence-corrected chi connectivity index (χ0v) is 18.5. The molecule has 0 bridgehead atoms. The van der Waals surface area contributed by atoms with Gasteiger partial charge in [0, 0.05) is 6.42 Å². The molecule has 1 aliphatic heterocycles. The second kappa shape index (κ2) is 9.25. The Labute approximate surface area is 195 Å². The average Bonchev–Trinajstić information content (AvgIpc) is 3.20. The number of esters is 2. The number of carbonyl (C=O) groups excluding carboxylic acids is 2. The van der Waals surface area contributed by atoms with E-state index in [1.807, 2.05) is 60.7 Å². The largest absolute Gasteiger partial charge is 0.461 e. The third-order valence-electron chi connectivity index (χ3n) is 5.79. The molecular weight excluding hydrogens is 436 g/mol. The zero-order chi connectivity index (χ0) is 22.8. The minimum absolute atomic E-state index is 0.0447. The predicted octanol–water partition coefficient (Wildman–Crippen LogP) is 5.20. The summed E-state index contributed by atoms with van der Waals surface area (Å²) in [5, 5.41) is 13.8. The fourth-order valence-electron chi connectivity index (χ4n) is 4.05. The summed E-state index contributed by atoms with van der Waals surface area (Å²) < 4.78 is 11.2. The van der Waals surface area contributed by atoms with Crippen molar-refractivity contribution < 1.29 is 24.2 Å². The van der Waals surface area contributed by atoms with Gasteiger partial charge < -0.3 is 14.6 Å². The molecule has 0 radical (unpaired) electrons. The molecule has 1 N–H and O–H groups in total. The van der Waals surface area contributed by atoms with Crippen molar-refractivity contribution in [3.63, 3.8) is 0 Å². The third-order valence-corrected chi connectivity index (χ3v) is 7.08. The van der Waals surface area contributed by atoms with Crippen molar-refractivity contribution in [3.8, 4) is 0 Å². The number of rotatable bonds is 5. The van der Waals surface area contributed by atoms with Gasteiger partial charge in [-0.3, -0.25) is 0 Å². The highest BCUT2D eigenvalue weighted by Crippen LogP contribution is 2.35. The molecule has 1 unspecified atom stereocenters. The van der Waals surface area contributed by atoms with E-state index >= 15 is 0 Å². The molecule has 33 heavy (non-hydrogen) atoms. The Hall–Kier alpha value is -3.35. The number of hydrogen-bond acceptors (Lipinski definition) is 6. The maximum atomic E-state index is 12.8. The van der Waals surface area contributed by atoms with Crippen LogP contribution in [0.25, 0.3) is 21.5 Å². The lowest BCUT2D eigenvalue weighted by Gasteiger charge is -2.19. The van der Waals surface area contributed by atoms with Gasteiger partial charge in [-0.1, -0.05) is 60.7 Å². The first-order chi connectivity index (χ1) is 16.1. The summed E-state index contributed by atoms with van der Waals surface area (Å²) in [6.07, 6.45) is -0.254. The second-order valence-electron chi connectivity index (χ2n) is 8.03. The molecule has 1 saturated heterocycles. The van der Waals surface area contributed by atoms with Gasteiger partial charge in [0.15, 0.2) is 0 Å². The summed E-state index contributed by atoms with van der Waals surface area (Å²) in [6, 6.07) is 26.4. The van der Waals surface area contributed by atoms with Crippen molar-refractivity contribution >= 4 is 45.2 Å². The SMILES string of the molecule is O=C(OC[C@@H]1SC(O)C[C@H]1OC(=O)c1ccc2ccccc2c1)c1ccc2ccccc2c1. The Morgan fingerprint density at radius 3 is 1.94 bits per heavy atom. The van der Waals surface area contributed by atoms with Crippen molar-refractivity contribution in [1.29, 1.82) is 0 Å². The Kier molecular flexibility index (Phi) is 6.03. The summed E-state index contributed by atoms with van der Waals surface area (Å²) in [5.74, 6) is -0.895. The number of benzene rings is 4. The number of aliphatic hydroxyl groups is 1. The van der Waals surface area contributed by atoms with E-state index in [0.717, 1.165) is 21.5 Å². The normalized spacial score (nSPS) is 20.1. The molecule has 1 heterocycles. The van der Waals surface area contributed by atoms with Crippen molar-refractivity contribution in [3.05, 3.63) is 96.1 Å². The molecule has 4 aromatic rings. The topological polar surface area (TPSA) is 72.8 Å². The maximum Gasteiger partial charge on any atom is 0.338 e. The lowest BCUT2D eigenvalue weighted by atomic mass is 10.1. The minimum atomic E-state index is -0.677. The van der Waals surface area contributed by atoms with Crippen LogP contribution >= 0.6 is 11.8 Å². The molecule has 5 rings (SSSR count). The zero-order valence-electron chi connectivity index (χ0n) is 17.7. The van der Waals surface area contributed by atoms with Crippen LogP contribution in [0, 0.1) is 0 Å². The molecule has 0 saturated carbocycles. The van der Waals surface area contributed by atoms with Crippen molar-refractivity contribution in [2.75, 3.05) is 6.61 Å². The highest BCUT2D eigenvalue weighted by Gasteiger charge is 2.38. The van der Waals surface area contributed by atoms with Crippen LogP contribution in [0.3, 0.4) is 0 Å². The predicted molar refractivity (Wildman–Crippen MR) is 129 cm³/mol. The van der Waals surface area contributed by atoms with E-state index in [0.29, 0.717) is 17.5 Å². The molecule has 4 aromatic carbocycles. The number of thioether (sulfide) groups is 1. The quantitative estimate of drug-likeness (QED) is 0.415. The van der Waals surface area contributed by atoms with E-state index in [-0.39, 0.29) is 11.9 Å². The van der Waals surface area contributed by atoms with E-state index in [4.69, 9.17) is 9.47 Å². The van der Waals surface area contributed by atoms with Gasteiger partial charge in [-0.15, -0.1) is 11.8 Å². The first-order valence-corrected chi connectivity index (χ1v) is 11.7. The van der Waals surface area contributed by atoms with E-state index in [1.54, 1.807) is 24.3 Å². The Morgan fingerprint density at radius 1 is 0.788 bits per heavy atom. The Balaban J connectivity index is 1.24. The van der Waals surface area contributed by atoms with Gasteiger partial charge in [0.05, 0.1) is 16.4 Å². The smallest absolute Gasteiger partial charge is 0.338 e. The molecular formula is C27H22O5S. The van der Waals surface area contributed by atoms with Gasteiger partial charge in [-0.05, 0) is 45.8 Å². The highest BCUT2D eigenvalue weighted by molar-refractivity contribution is 8.00. The Morgan fingerprint density at radius 2 is 1.33 bits per heavy atom. The van der Waals surface area contributed by atoms with Gasteiger partial charge in [0.2, 0.25) is 0 Å². The molecule has 166 valence electrons. The summed E-state index contributed by atoms with van der Waals surface area (Å²) in [7, 11) is 0. The van der Waals surface area contributed by atoms with Crippen molar-refractivity contribution in [2.45, 2.75) is 23.2 Å². The molecule has 0 spiro atoms. The van der Waals surface area contributed by atoms with Crippen LogP contribution in [0.2, 0.25) is 0 Å². The van der Waals surface area contributed by atoms with Gasteiger partial charge >= 0.3 is 11.9 Å². The molecule has 3 atom stereocenters. The first-order valence-electron chi connectivity index (χ1n) is 10.8. The summed E-state index contributed by atoms with van der Waals surface area (Å²) in [5.41, 5.74) is 0.234. The van der Waals surface area contributed by atoms with E-state index < -0.39 is 23.5 Å². The van der Waals surface area contributed by atoms with Gasteiger partial charge in [-0.2, -0.15) is 0 Å².